The molecular weight excluding hydrogens is 889 g/mol. The molecule has 0 bridgehead atoms. The van der Waals surface area contributed by atoms with E-state index in [1.54, 1.807) is 11.8 Å². The molecule has 0 aliphatic carbocycles. The van der Waals surface area contributed by atoms with Gasteiger partial charge >= 0.3 is 23.9 Å². The third kappa shape index (κ3) is 13.9. The van der Waals surface area contributed by atoms with Crippen molar-refractivity contribution >= 4 is 64.4 Å². The Labute approximate surface area is 393 Å². The molecule has 350 valence electrons. The maximum atomic E-state index is 12.3. The van der Waals surface area contributed by atoms with Crippen LogP contribution in [0.2, 0.25) is 0 Å². The molecule has 2 saturated heterocycles. The number of nitrogens with one attached hydrogen (secondary N) is 2. The summed E-state index contributed by atoms with van der Waals surface area (Å²) in [6, 6.07) is 33.3. The van der Waals surface area contributed by atoms with Gasteiger partial charge in [0.15, 0.2) is 24.6 Å². The number of hydrogen-bond donors (Lipinski definition) is 3. The molecule has 1 amide bonds. The Morgan fingerprint density at radius 1 is 0.636 bits per heavy atom. The fourth-order valence-electron chi connectivity index (χ4n) is 7.90. The number of benzene rings is 4. The maximum absolute atomic E-state index is 12.3. The molecule has 2 aliphatic heterocycles. The molecule has 0 saturated carbocycles. The lowest BCUT2D eigenvalue weighted by atomic mass is 9.84. The zero-order chi connectivity index (χ0) is 47.3. The number of anilines is 1. The van der Waals surface area contributed by atoms with Crippen LogP contribution in [-0.4, -0.2) is 88.9 Å². The highest BCUT2D eigenvalue weighted by Gasteiger charge is 2.52. The van der Waals surface area contributed by atoms with Gasteiger partial charge in [0.2, 0.25) is 5.91 Å². The molecular formula is C49H54N2O13S2. The second kappa shape index (κ2) is 23.7. The summed E-state index contributed by atoms with van der Waals surface area (Å²) < 4.78 is 41.8. The minimum Gasteiger partial charge on any atom is -0.463 e. The molecule has 4 aromatic carbocycles. The highest BCUT2D eigenvalue weighted by molar-refractivity contribution is 7.99. The van der Waals surface area contributed by atoms with Crippen LogP contribution < -0.4 is 10.6 Å². The van der Waals surface area contributed by atoms with Crippen molar-refractivity contribution < 1.29 is 62.2 Å². The summed E-state index contributed by atoms with van der Waals surface area (Å²) >= 11 is 7.39. The molecule has 0 aromatic heterocycles. The van der Waals surface area contributed by atoms with E-state index in [-0.39, 0.29) is 37.6 Å². The minimum atomic E-state index is -1.29. The Balaban J connectivity index is 1.19. The highest BCUT2D eigenvalue weighted by atomic mass is 32.2. The Kier molecular flexibility index (Phi) is 17.8. The van der Waals surface area contributed by atoms with E-state index in [2.05, 4.69) is 22.8 Å². The molecule has 2 aliphatic rings. The van der Waals surface area contributed by atoms with Gasteiger partial charge in [0.1, 0.15) is 18.8 Å². The fraction of sp³-hybridized carbons (Fsp3) is 0.388. The Morgan fingerprint density at radius 2 is 1.23 bits per heavy atom. The van der Waals surface area contributed by atoms with E-state index in [1.165, 1.54) is 27.7 Å². The fourth-order valence-corrected chi connectivity index (χ4v) is 9.11. The Hall–Kier alpha value is -5.69. The maximum Gasteiger partial charge on any atom is 0.303 e. The average molecular weight is 943 g/mol. The predicted octanol–water partition coefficient (Wildman–Crippen LogP) is 6.80. The van der Waals surface area contributed by atoms with Gasteiger partial charge in [0.25, 0.3) is 0 Å². The van der Waals surface area contributed by atoms with Gasteiger partial charge in [-0.25, -0.2) is 0 Å². The summed E-state index contributed by atoms with van der Waals surface area (Å²) in [6.07, 6.45) is -7.34. The van der Waals surface area contributed by atoms with Crippen molar-refractivity contribution in [3.05, 3.63) is 131 Å². The summed E-state index contributed by atoms with van der Waals surface area (Å²) in [7, 11) is 0. The highest BCUT2D eigenvalue weighted by Crippen LogP contribution is 2.48. The molecule has 2 fully saturated rings. The van der Waals surface area contributed by atoms with E-state index in [0.29, 0.717) is 23.0 Å². The van der Waals surface area contributed by atoms with Crippen molar-refractivity contribution in [3.8, 4) is 0 Å². The van der Waals surface area contributed by atoms with Crippen molar-refractivity contribution in [3.63, 3.8) is 0 Å². The van der Waals surface area contributed by atoms with Gasteiger partial charge in [-0.05, 0) is 46.5 Å². The number of aliphatic hydroxyl groups is 1. The first-order valence-electron chi connectivity index (χ1n) is 21.4. The van der Waals surface area contributed by atoms with Crippen LogP contribution in [0.25, 0.3) is 0 Å². The summed E-state index contributed by atoms with van der Waals surface area (Å²) in [5, 5.41) is 15.8. The number of hydrogen-bond acceptors (Lipinski definition) is 15. The number of carbonyl (C=O) groups excluding carboxylic acids is 5. The molecule has 15 nitrogen and oxygen atoms in total. The SMILES string of the molecule is CC(=O)Nc1ccc(SC[C@H]2OC(c3ccc(CNC(=S)C[C@@H]4O[C@H](COC(C)=O)[C@@H](OC(C)=O)[C@H](OC(C)=O)[C@H]4OC(C)=O)cc3)O[C@@H](c3ccc(CO)cc3)[C@@H]2c2ccccc2)cc1. The molecule has 1 unspecified atom stereocenters. The molecule has 3 N–H and O–H groups in total. The summed E-state index contributed by atoms with van der Waals surface area (Å²) in [5.41, 5.74) is 5.15. The number of carbonyl (C=O) groups is 5. The zero-order valence-corrected chi connectivity index (χ0v) is 38.8. The third-order valence-corrected chi connectivity index (χ3v) is 12.2. The first-order chi connectivity index (χ1) is 31.7. The van der Waals surface area contributed by atoms with E-state index in [4.69, 9.17) is 45.4 Å². The monoisotopic (exact) mass is 942 g/mol. The normalized spacial score (nSPS) is 23.7. The molecule has 17 heteroatoms. The van der Waals surface area contributed by atoms with Crippen LogP contribution in [0.3, 0.4) is 0 Å². The van der Waals surface area contributed by atoms with E-state index < -0.39 is 66.8 Å². The number of thioether (sulfide) groups is 1. The van der Waals surface area contributed by atoms with E-state index in [9.17, 15) is 29.1 Å². The van der Waals surface area contributed by atoms with Gasteiger partial charge in [0, 0.05) is 75.4 Å². The van der Waals surface area contributed by atoms with Crippen LogP contribution in [0.1, 0.15) is 87.2 Å². The van der Waals surface area contributed by atoms with Crippen LogP contribution >= 0.6 is 24.0 Å². The average Bonchev–Trinajstić information content (AvgIpc) is 3.29. The van der Waals surface area contributed by atoms with Crippen LogP contribution in [-0.2, 0) is 70.3 Å². The van der Waals surface area contributed by atoms with Gasteiger partial charge < -0.3 is 48.9 Å². The molecule has 9 atom stereocenters. The molecule has 2 heterocycles. The lowest BCUT2D eigenvalue weighted by molar-refractivity contribution is -0.255. The molecule has 0 radical (unpaired) electrons. The zero-order valence-electron chi connectivity index (χ0n) is 37.2. The number of amides is 1. The summed E-state index contributed by atoms with van der Waals surface area (Å²) in [4.78, 5) is 61.4. The largest absolute Gasteiger partial charge is 0.463 e. The van der Waals surface area contributed by atoms with Crippen molar-refractivity contribution in [2.45, 2.75) is 114 Å². The van der Waals surface area contributed by atoms with Crippen LogP contribution in [0.4, 0.5) is 5.69 Å². The van der Waals surface area contributed by atoms with Gasteiger partial charge in [-0.3, -0.25) is 24.0 Å². The number of ether oxygens (including phenoxy) is 7. The smallest absolute Gasteiger partial charge is 0.303 e. The molecule has 66 heavy (non-hydrogen) atoms. The van der Waals surface area contributed by atoms with Crippen molar-refractivity contribution in [1.82, 2.24) is 5.32 Å². The van der Waals surface area contributed by atoms with E-state index in [0.717, 1.165) is 39.6 Å². The quantitative estimate of drug-likeness (QED) is 0.0433. The van der Waals surface area contributed by atoms with Crippen LogP contribution in [0.15, 0.2) is 108 Å². The van der Waals surface area contributed by atoms with Crippen molar-refractivity contribution in [2.24, 2.45) is 0 Å². The first-order valence-corrected chi connectivity index (χ1v) is 22.8. The topological polar surface area (TPSA) is 194 Å². The number of esters is 4. The lowest BCUT2D eigenvalue weighted by Gasteiger charge is -2.44. The van der Waals surface area contributed by atoms with E-state index in [1.807, 2.05) is 91.0 Å². The van der Waals surface area contributed by atoms with Crippen LogP contribution in [0.5, 0.6) is 0 Å². The summed E-state index contributed by atoms with van der Waals surface area (Å²) in [6.45, 7) is 6.07. The van der Waals surface area contributed by atoms with Gasteiger partial charge in [-0.2, -0.15) is 0 Å². The molecule has 4 aromatic rings. The van der Waals surface area contributed by atoms with Crippen molar-refractivity contribution in [1.29, 1.82) is 0 Å². The number of thiocarbonyl (C=S) groups is 1. The predicted molar refractivity (Wildman–Crippen MR) is 247 cm³/mol. The lowest BCUT2D eigenvalue weighted by Crippen LogP contribution is -2.62. The second-order valence-electron chi connectivity index (χ2n) is 15.9. The summed E-state index contributed by atoms with van der Waals surface area (Å²) in [5.74, 6) is -2.50. The minimum absolute atomic E-state index is 0.00164. The van der Waals surface area contributed by atoms with Gasteiger partial charge in [0.05, 0.1) is 23.8 Å². The Bertz CT molecular complexity index is 2300. The standard InChI is InChI=1S/C49H54N2O13S2/c1-28(53)51-38-19-21-39(22-20-38)66-27-42-44(35-9-7-6-8-10-35)45(36-15-13-34(25-52)14-16-36)64-49(63-42)37-17-11-33(12-18-37)24-50-43(65)23-40-46(59-30(3)55)48(61-32(5)57)47(60-31(4)56)41(62-40)26-58-29(2)54/h6-22,40-42,44-49,52H,23-27H2,1-5H3,(H,50,65)(H,51,53)/t40-,41+,42+,44+,45-,46-,47+,48+,49?/m0/s1. The van der Waals surface area contributed by atoms with Crippen molar-refractivity contribution in [2.75, 3.05) is 17.7 Å². The van der Waals surface area contributed by atoms with Gasteiger partial charge in [-0.15, -0.1) is 11.8 Å². The molecule has 0 spiro atoms. The third-order valence-electron chi connectivity index (χ3n) is 10.8. The number of rotatable bonds is 17. The number of aliphatic hydroxyl groups excluding tert-OH is 1. The molecule has 6 rings (SSSR count). The second-order valence-corrected chi connectivity index (χ2v) is 17.5. The van der Waals surface area contributed by atoms with E-state index >= 15 is 0 Å². The first kappa shape index (κ1) is 49.7. The Morgan fingerprint density at radius 3 is 1.82 bits per heavy atom. The van der Waals surface area contributed by atoms with Gasteiger partial charge in [-0.1, -0.05) is 91.1 Å². The van der Waals surface area contributed by atoms with Crippen LogP contribution in [0, 0.1) is 0 Å².